The highest BCUT2D eigenvalue weighted by atomic mass is 32.2. The van der Waals surface area contributed by atoms with Crippen molar-refractivity contribution in [1.29, 1.82) is 0 Å². The first kappa shape index (κ1) is 10.1. The van der Waals surface area contributed by atoms with Gasteiger partial charge in [0.15, 0.2) is 0 Å². The van der Waals surface area contributed by atoms with Crippen molar-refractivity contribution in [3.05, 3.63) is 18.2 Å². The molecular weight excluding hydrogens is 218 g/mol. The molecular formula is C8H9N3O3S. The van der Waals surface area contributed by atoms with Gasteiger partial charge in [0, 0.05) is 6.54 Å². The molecule has 6 nitrogen and oxygen atoms in total. The van der Waals surface area contributed by atoms with E-state index in [9.17, 15) is 8.42 Å². The van der Waals surface area contributed by atoms with Crippen LogP contribution < -0.4 is 0 Å². The monoisotopic (exact) mass is 227 g/mol. The number of aromatic nitrogens is 3. The molecule has 0 atom stereocenters. The number of rotatable bonds is 2. The zero-order chi connectivity index (χ0) is 11.1. The Morgan fingerprint density at radius 1 is 1.47 bits per heavy atom. The Balaban J connectivity index is 2.84. The zero-order valence-electron chi connectivity index (χ0n) is 7.95. The second kappa shape index (κ2) is 3.28. The lowest BCUT2D eigenvalue weighted by atomic mass is 10.3. The molecule has 15 heavy (non-hydrogen) atoms. The van der Waals surface area contributed by atoms with E-state index in [1.165, 1.54) is 6.07 Å². The highest BCUT2D eigenvalue weighted by Gasteiger charge is 2.17. The summed E-state index contributed by atoms with van der Waals surface area (Å²) in [5.41, 5.74) is 0.787. The maximum Gasteiger partial charge on any atom is 0.296 e. The molecule has 0 saturated carbocycles. The van der Waals surface area contributed by atoms with Crippen molar-refractivity contribution >= 4 is 21.2 Å². The van der Waals surface area contributed by atoms with Crippen molar-refractivity contribution < 1.29 is 13.0 Å². The lowest BCUT2D eigenvalue weighted by Crippen LogP contribution is -1.99. The third-order valence-corrected chi connectivity index (χ3v) is 2.97. The van der Waals surface area contributed by atoms with Gasteiger partial charge >= 0.3 is 0 Å². The fourth-order valence-corrected chi connectivity index (χ4v) is 2.05. The number of nitrogens with zero attached hydrogens (tertiary/aromatic N) is 3. The Hall–Kier alpha value is -1.47. The average molecular weight is 227 g/mol. The number of benzene rings is 1. The van der Waals surface area contributed by atoms with Gasteiger partial charge in [-0.1, -0.05) is 11.3 Å². The standard InChI is InChI=1S/C8H9N3O3S/c1-2-11-6-4-3-5-7(15(12,13)14)8(6)9-10-11/h3-5H,2H2,1H3,(H,12,13,14). The fourth-order valence-electron chi connectivity index (χ4n) is 1.41. The highest BCUT2D eigenvalue weighted by Crippen LogP contribution is 2.19. The van der Waals surface area contributed by atoms with Gasteiger partial charge in [0.1, 0.15) is 10.4 Å². The van der Waals surface area contributed by atoms with Crippen LogP contribution in [-0.2, 0) is 16.7 Å². The van der Waals surface area contributed by atoms with Crippen LogP contribution in [0.5, 0.6) is 0 Å². The maximum absolute atomic E-state index is 11.0. The van der Waals surface area contributed by atoms with Crippen molar-refractivity contribution in [2.75, 3.05) is 0 Å². The van der Waals surface area contributed by atoms with Gasteiger partial charge in [-0.25, -0.2) is 4.68 Å². The van der Waals surface area contributed by atoms with E-state index in [1.807, 2.05) is 6.92 Å². The summed E-state index contributed by atoms with van der Waals surface area (Å²) < 4.78 is 32.6. The average Bonchev–Trinajstić information content (AvgIpc) is 2.58. The van der Waals surface area contributed by atoms with E-state index in [4.69, 9.17) is 4.55 Å². The molecule has 0 radical (unpaired) electrons. The largest absolute Gasteiger partial charge is 0.296 e. The molecule has 1 heterocycles. The molecule has 1 N–H and O–H groups in total. The van der Waals surface area contributed by atoms with Crippen LogP contribution in [0.25, 0.3) is 11.0 Å². The van der Waals surface area contributed by atoms with Gasteiger partial charge in [-0.2, -0.15) is 8.42 Å². The first-order valence-corrected chi connectivity index (χ1v) is 5.77. The van der Waals surface area contributed by atoms with Crippen molar-refractivity contribution in [3.8, 4) is 0 Å². The fraction of sp³-hybridized carbons (Fsp3) is 0.250. The van der Waals surface area contributed by atoms with E-state index in [-0.39, 0.29) is 10.4 Å². The van der Waals surface area contributed by atoms with Crippen molar-refractivity contribution in [1.82, 2.24) is 15.0 Å². The number of fused-ring (bicyclic) bond motifs is 1. The number of aryl methyl sites for hydroxylation is 1. The molecule has 7 heteroatoms. The first-order chi connectivity index (χ1) is 7.04. The summed E-state index contributed by atoms with van der Waals surface area (Å²) in [5.74, 6) is 0. The Morgan fingerprint density at radius 3 is 2.80 bits per heavy atom. The predicted molar refractivity (Wildman–Crippen MR) is 53.0 cm³/mol. The molecule has 0 spiro atoms. The number of hydrogen-bond acceptors (Lipinski definition) is 4. The van der Waals surface area contributed by atoms with Crippen LogP contribution in [-0.4, -0.2) is 28.0 Å². The first-order valence-electron chi connectivity index (χ1n) is 4.33. The second-order valence-electron chi connectivity index (χ2n) is 3.00. The minimum atomic E-state index is -4.24. The van der Waals surface area contributed by atoms with Crippen LogP contribution in [0.15, 0.2) is 23.1 Å². The van der Waals surface area contributed by atoms with E-state index in [2.05, 4.69) is 10.3 Å². The molecule has 0 aliphatic heterocycles. The molecule has 0 aliphatic rings. The molecule has 2 aromatic rings. The van der Waals surface area contributed by atoms with Gasteiger partial charge in [-0.05, 0) is 19.1 Å². The van der Waals surface area contributed by atoms with Gasteiger partial charge < -0.3 is 0 Å². The lowest BCUT2D eigenvalue weighted by molar-refractivity contribution is 0.484. The number of hydrogen-bond donors (Lipinski definition) is 1. The Kier molecular flexibility index (Phi) is 2.20. The molecule has 0 fully saturated rings. The Bertz CT molecular complexity index is 603. The molecule has 0 bridgehead atoms. The SMILES string of the molecule is CCn1nnc2c(S(=O)(=O)O)cccc21. The van der Waals surface area contributed by atoms with Crippen LogP contribution in [0.1, 0.15) is 6.92 Å². The normalized spacial score (nSPS) is 12.1. The van der Waals surface area contributed by atoms with E-state index < -0.39 is 10.1 Å². The molecule has 2 rings (SSSR count). The molecule has 0 amide bonds. The Labute approximate surface area is 86.3 Å². The summed E-state index contributed by atoms with van der Waals surface area (Å²) in [7, 11) is -4.24. The van der Waals surface area contributed by atoms with Crippen molar-refractivity contribution in [2.45, 2.75) is 18.4 Å². The van der Waals surface area contributed by atoms with Gasteiger partial charge in [-0.15, -0.1) is 5.10 Å². The minimum Gasteiger partial charge on any atom is -0.282 e. The Morgan fingerprint density at radius 2 is 2.20 bits per heavy atom. The van der Waals surface area contributed by atoms with Crippen LogP contribution in [0, 0.1) is 0 Å². The van der Waals surface area contributed by atoms with E-state index >= 15 is 0 Å². The van der Waals surface area contributed by atoms with Crippen LogP contribution in [0.2, 0.25) is 0 Å². The van der Waals surface area contributed by atoms with Crippen LogP contribution >= 0.6 is 0 Å². The molecule has 0 saturated heterocycles. The second-order valence-corrected chi connectivity index (χ2v) is 4.39. The summed E-state index contributed by atoms with van der Waals surface area (Å²) in [6.07, 6.45) is 0. The summed E-state index contributed by atoms with van der Waals surface area (Å²) in [6, 6.07) is 4.54. The minimum absolute atomic E-state index is 0.196. The predicted octanol–water partition coefficient (Wildman–Crippen LogP) is 0.698. The molecule has 0 unspecified atom stereocenters. The van der Waals surface area contributed by atoms with Crippen LogP contribution in [0.3, 0.4) is 0 Å². The summed E-state index contributed by atoms with van der Waals surface area (Å²) in [6.45, 7) is 2.46. The highest BCUT2D eigenvalue weighted by molar-refractivity contribution is 7.86. The quantitative estimate of drug-likeness (QED) is 0.763. The van der Waals surface area contributed by atoms with Gasteiger partial charge in [0.25, 0.3) is 10.1 Å². The molecule has 1 aromatic heterocycles. The van der Waals surface area contributed by atoms with Gasteiger partial charge in [0.2, 0.25) is 0 Å². The summed E-state index contributed by atoms with van der Waals surface area (Å²) in [4.78, 5) is -0.209. The molecule has 80 valence electrons. The van der Waals surface area contributed by atoms with E-state index in [0.717, 1.165) is 0 Å². The molecule has 0 aliphatic carbocycles. The van der Waals surface area contributed by atoms with Crippen LogP contribution in [0.4, 0.5) is 0 Å². The zero-order valence-corrected chi connectivity index (χ0v) is 8.77. The van der Waals surface area contributed by atoms with Gasteiger partial charge in [-0.3, -0.25) is 4.55 Å². The third kappa shape index (κ3) is 1.59. The topological polar surface area (TPSA) is 85.1 Å². The summed E-state index contributed by atoms with van der Waals surface area (Å²) in [5, 5.41) is 7.51. The van der Waals surface area contributed by atoms with Crippen molar-refractivity contribution in [2.24, 2.45) is 0 Å². The van der Waals surface area contributed by atoms with Gasteiger partial charge in [0.05, 0.1) is 5.52 Å². The molecule has 1 aromatic carbocycles. The van der Waals surface area contributed by atoms with Crippen molar-refractivity contribution in [3.63, 3.8) is 0 Å². The smallest absolute Gasteiger partial charge is 0.282 e. The third-order valence-electron chi connectivity index (χ3n) is 2.09. The van der Waals surface area contributed by atoms with E-state index in [1.54, 1.807) is 16.8 Å². The maximum atomic E-state index is 11.0. The lowest BCUT2D eigenvalue weighted by Gasteiger charge is -1.98. The summed E-state index contributed by atoms with van der Waals surface area (Å²) >= 11 is 0. The van der Waals surface area contributed by atoms with E-state index in [0.29, 0.717) is 12.1 Å².